The third kappa shape index (κ3) is 6.11. The summed E-state index contributed by atoms with van der Waals surface area (Å²) >= 11 is 0. The molecule has 0 amide bonds. The van der Waals surface area contributed by atoms with Gasteiger partial charge in [0, 0.05) is 42.0 Å². The molecule has 7 heteroatoms. The molecule has 0 radical (unpaired) electrons. The molecule has 2 aliphatic heterocycles. The predicted molar refractivity (Wildman–Crippen MR) is 152 cm³/mol. The largest absolute Gasteiger partial charge is 0.508 e. The molecule has 2 heterocycles. The van der Waals surface area contributed by atoms with E-state index in [4.69, 9.17) is 0 Å². The zero-order valence-electron chi connectivity index (χ0n) is 22.9. The van der Waals surface area contributed by atoms with Gasteiger partial charge in [-0.1, -0.05) is 36.4 Å². The molecule has 3 N–H and O–H groups in total. The highest BCUT2D eigenvalue weighted by atomic mass is 19.1. The minimum absolute atomic E-state index is 0.00504. The van der Waals surface area contributed by atoms with E-state index in [0.717, 1.165) is 38.9 Å². The van der Waals surface area contributed by atoms with Crippen molar-refractivity contribution in [2.45, 2.75) is 32.1 Å². The SMILES string of the molecule is Cc1c(F)cccc1C1[C@@H](C(=O)c2cccc(O)c2)CN(CCCC2CCNC2)C[C@@H]1C(=O)c1cccc(O)c1. The topological polar surface area (TPSA) is 89.9 Å². The number of phenols is 2. The molecule has 1 unspecified atom stereocenters. The molecule has 3 aromatic carbocycles. The van der Waals surface area contributed by atoms with Crippen molar-refractivity contribution >= 4 is 11.6 Å². The fourth-order valence-corrected chi connectivity index (χ4v) is 6.54. The first-order chi connectivity index (χ1) is 19.3. The lowest BCUT2D eigenvalue weighted by Gasteiger charge is -2.43. The molecule has 5 rings (SSSR count). The van der Waals surface area contributed by atoms with Crippen molar-refractivity contribution in [2.75, 3.05) is 32.7 Å². The van der Waals surface area contributed by atoms with E-state index >= 15 is 0 Å². The molecule has 6 nitrogen and oxygen atoms in total. The van der Waals surface area contributed by atoms with Gasteiger partial charge in [-0.3, -0.25) is 9.59 Å². The van der Waals surface area contributed by atoms with Gasteiger partial charge in [-0.15, -0.1) is 0 Å². The number of aromatic hydroxyl groups is 2. The van der Waals surface area contributed by atoms with E-state index in [1.165, 1.54) is 30.3 Å². The Kier molecular flexibility index (Phi) is 8.62. The molecule has 2 aliphatic rings. The highest BCUT2D eigenvalue weighted by Crippen LogP contribution is 2.43. The van der Waals surface area contributed by atoms with Crippen LogP contribution in [0.4, 0.5) is 4.39 Å². The van der Waals surface area contributed by atoms with Gasteiger partial charge in [0.1, 0.15) is 17.3 Å². The lowest BCUT2D eigenvalue weighted by Crippen LogP contribution is -2.50. The smallest absolute Gasteiger partial charge is 0.167 e. The van der Waals surface area contributed by atoms with Gasteiger partial charge in [0.05, 0.1) is 0 Å². The Morgan fingerprint density at radius 1 is 0.925 bits per heavy atom. The van der Waals surface area contributed by atoms with Crippen molar-refractivity contribution in [1.29, 1.82) is 0 Å². The summed E-state index contributed by atoms with van der Waals surface area (Å²) in [5.41, 5.74) is 1.81. The average molecular weight is 545 g/mol. The zero-order chi connectivity index (χ0) is 28.2. The summed E-state index contributed by atoms with van der Waals surface area (Å²) in [5, 5.41) is 23.6. The average Bonchev–Trinajstić information content (AvgIpc) is 3.47. The van der Waals surface area contributed by atoms with Gasteiger partial charge >= 0.3 is 0 Å². The number of halogens is 1. The Balaban J connectivity index is 1.54. The standard InChI is InChI=1S/C33H37FN2O4/c1-21-27(11-4-12-30(21)34)31-28(32(39)23-7-2-9-25(37)16-23)19-36(15-5-6-22-13-14-35-18-22)20-29(31)33(40)24-8-3-10-26(38)17-24/h2-4,7-12,16-17,22,28-29,31,35,37-38H,5-6,13-15,18-20H2,1H3/t22?,28-,29-/m0/s1. The lowest BCUT2D eigenvalue weighted by atomic mass is 9.67. The van der Waals surface area contributed by atoms with Crippen LogP contribution in [0.3, 0.4) is 0 Å². The van der Waals surface area contributed by atoms with Crippen LogP contribution in [-0.4, -0.2) is 59.4 Å². The Bertz CT molecular complexity index is 1300. The predicted octanol–water partition coefficient (Wildman–Crippen LogP) is 5.33. The lowest BCUT2D eigenvalue weighted by molar-refractivity contribution is 0.0565. The zero-order valence-corrected chi connectivity index (χ0v) is 22.9. The number of piperidine rings is 1. The number of Topliss-reactive ketones (excluding diaryl/α,β-unsaturated/α-hetero) is 2. The molecule has 0 aliphatic carbocycles. The second-order valence-corrected chi connectivity index (χ2v) is 11.3. The Morgan fingerprint density at radius 3 is 2.08 bits per heavy atom. The summed E-state index contributed by atoms with van der Waals surface area (Å²) in [7, 11) is 0. The van der Waals surface area contributed by atoms with Crippen LogP contribution >= 0.6 is 0 Å². The molecule has 210 valence electrons. The van der Waals surface area contributed by atoms with E-state index in [1.54, 1.807) is 37.3 Å². The Labute approximate surface area is 234 Å². The third-order valence-electron chi connectivity index (χ3n) is 8.63. The Hall–Kier alpha value is -3.55. The summed E-state index contributed by atoms with van der Waals surface area (Å²) in [6.07, 6.45) is 3.19. The molecular weight excluding hydrogens is 507 g/mol. The number of benzene rings is 3. The molecule has 40 heavy (non-hydrogen) atoms. The van der Waals surface area contributed by atoms with Crippen molar-refractivity contribution in [3.05, 3.63) is 94.8 Å². The molecule has 0 spiro atoms. The normalized spacial score (nSPS) is 21.9. The van der Waals surface area contributed by atoms with Crippen LogP contribution in [0.15, 0.2) is 66.7 Å². The highest BCUT2D eigenvalue weighted by molar-refractivity contribution is 6.02. The van der Waals surface area contributed by atoms with Gasteiger partial charge in [0.2, 0.25) is 0 Å². The van der Waals surface area contributed by atoms with E-state index in [0.29, 0.717) is 41.3 Å². The number of hydrogen-bond donors (Lipinski definition) is 3. The first-order valence-electron chi connectivity index (χ1n) is 14.2. The summed E-state index contributed by atoms with van der Waals surface area (Å²) in [4.78, 5) is 30.5. The van der Waals surface area contributed by atoms with Crippen LogP contribution in [-0.2, 0) is 0 Å². The molecule has 3 atom stereocenters. The summed E-state index contributed by atoms with van der Waals surface area (Å²) in [6, 6.07) is 17.4. The number of hydrogen-bond acceptors (Lipinski definition) is 6. The van der Waals surface area contributed by atoms with Gasteiger partial charge in [0.25, 0.3) is 0 Å². The van der Waals surface area contributed by atoms with Crippen molar-refractivity contribution in [1.82, 2.24) is 10.2 Å². The summed E-state index contributed by atoms with van der Waals surface area (Å²) in [5.74, 6) is -1.93. The minimum Gasteiger partial charge on any atom is -0.508 e. The van der Waals surface area contributed by atoms with Gasteiger partial charge in [-0.2, -0.15) is 0 Å². The van der Waals surface area contributed by atoms with Crippen LogP contribution < -0.4 is 5.32 Å². The van der Waals surface area contributed by atoms with Crippen molar-refractivity contribution in [2.24, 2.45) is 17.8 Å². The third-order valence-corrected chi connectivity index (χ3v) is 8.63. The highest BCUT2D eigenvalue weighted by Gasteiger charge is 2.45. The van der Waals surface area contributed by atoms with Crippen LogP contribution in [0.5, 0.6) is 11.5 Å². The maximum Gasteiger partial charge on any atom is 0.167 e. The van der Waals surface area contributed by atoms with E-state index in [1.807, 2.05) is 6.07 Å². The molecular formula is C33H37FN2O4. The first-order valence-corrected chi connectivity index (χ1v) is 14.2. The summed E-state index contributed by atoms with van der Waals surface area (Å²) in [6.45, 7) is 5.38. The molecule has 2 fully saturated rings. The van der Waals surface area contributed by atoms with E-state index in [-0.39, 0.29) is 28.9 Å². The van der Waals surface area contributed by atoms with Crippen LogP contribution in [0.2, 0.25) is 0 Å². The molecule has 0 saturated carbocycles. The van der Waals surface area contributed by atoms with Crippen molar-refractivity contribution in [3.8, 4) is 11.5 Å². The van der Waals surface area contributed by atoms with Crippen LogP contribution in [0, 0.1) is 30.5 Å². The molecule has 2 saturated heterocycles. The minimum atomic E-state index is -0.629. The second kappa shape index (κ2) is 12.3. The number of phenolic OH excluding ortho intramolecular Hbond substituents is 2. The van der Waals surface area contributed by atoms with Crippen LogP contribution in [0.25, 0.3) is 0 Å². The maximum absolute atomic E-state index is 14.9. The number of carbonyl (C=O) groups excluding carboxylic acids is 2. The molecule has 0 aromatic heterocycles. The quantitative estimate of drug-likeness (QED) is 0.316. The van der Waals surface area contributed by atoms with Gasteiger partial charge < -0.3 is 20.4 Å². The van der Waals surface area contributed by atoms with E-state index in [2.05, 4.69) is 10.2 Å². The molecule has 0 bridgehead atoms. The number of likely N-dealkylation sites (tertiary alicyclic amines) is 1. The number of carbonyl (C=O) groups is 2. The van der Waals surface area contributed by atoms with Crippen molar-refractivity contribution in [3.63, 3.8) is 0 Å². The monoisotopic (exact) mass is 544 g/mol. The van der Waals surface area contributed by atoms with Gasteiger partial charge in [0.15, 0.2) is 11.6 Å². The number of nitrogens with zero attached hydrogens (tertiary/aromatic N) is 1. The second-order valence-electron chi connectivity index (χ2n) is 11.3. The fraction of sp³-hybridized carbons (Fsp3) is 0.394. The van der Waals surface area contributed by atoms with Gasteiger partial charge in [-0.25, -0.2) is 4.39 Å². The van der Waals surface area contributed by atoms with Crippen molar-refractivity contribution < 1.29 is 24.2 Å². The number of nitrogens with one attached hydrogen (secondary N) is 1. The maximum atomic E-state index is 14.9. The summed E-state index contributed by atoms with van der Waals surface area (Å²) < 4.78 is 14.9. The first kappa shape index (κ1) is 28.0. The Morgan fingerprint density at radius 2 is 1.52 bits per heavy atom. The van der Waals surface area contributed by atoms with Gasteiger partial charge in [-0.05, 0) is 93.2 Å². The fourth-order valence-electron chi connectivity index (χ4n) is 6.54. The van der Waals surface area contributed by atoms with Crippen LogP contribution in [0.1, 0.15) is 57.0 Å². The van der Waals surface area contributed by atoms with E-state index < -0.39 is 17.8 Å². The van der Waals surface area contributed by atoms with E-state index in [9.17, 15) is 24.2 Å². The molecule has 3 aromatic rings. The number of ketones is 2. The number of rotatable bonds is 9.